The zero-order chi connectivity index (χ0) is 17.9. The number of aromatic nitrogens is 4. The van der Waals surface area contributed by atoms with Crippen LogP contribution >= 0.6 is 0 Å². The molecule has 6 nitrogen and oxygen atoms in total. The largest absolute Gasteiger partial charge is 0.416 e. The van der Waals surface area contributed by atoms with Crippen molar-refractivity contribution in [1.29, 1.82) is 0 Å². The third-order valence-corrected chi connectivity index (χ3v) is 3.48. The van der Waals surface area contributed by atoms with Crippen LogP contribution in [0.1, 0.15) is 21.5 Å². The zero-order valence-electron chi connectivity index (χ0n) is 12.7. The minimum atomic E-state index is -4.37. The number of rotatable bonds is 4. The van der Waals surface area contributed by atoms with Gasteiger partial charge in [-0.05, 0) is 52.4 Å². The van der Waals surface area contributed by atoms with Crippen LogP contribution in [0.3, 0.4) is 0 Å². The average Bonchev–Trinajstić information content (AvgIpc) is 3.14. The predicted octanol–water partition coefficient (Wildman–Crippen LogP) is 2.61. The summed E-state index contributed by atoms with van der Waals surface area (Å²) in [6, 6.07) is 11.2. The molecule has 0 saturated carbocycles. The van der Waals surface area contributed by atoms with E-state index >= 15 is 0 Å². The number of nitrogens with one attached hydrogen (secondary N) is 1. The number of tetrazole rings is 1. The van der Waals surface area contributed by atoms with Gasteiger partial charge in [0.1, 0.15) is 6.33 Å². The number of halogens is 3. The predicted molar refractivity (Wildman–Crippen MR) is 81.8 cm³/mol. The van der Waals surface area contributed by atoms with Crippen LogP contribution in [-0.2, 0) is 12.7 Å². The van der Waals surface area contributed by atoms with E-state index in [2.05, 4.69) is 20.8 Å². The molecular weight excluding hydrogens is 335 g/mol. The van der Waals surface area contributed by atoms with Gasteiger partial charge in [-0.3, -0.25) is 4.79 Å². The van der Waals surface area contributed by atoms with Gasteiger partial charge in [0.2, 0.25) is 0 Å². The van der Waals surface area contributed by atoms with E-state index in [9.17, 15) is 18.0 Å². The number of alkyl halides is 3. The van der Waals surface area contributed by atoms with Crippen LogP contribution in [0.5, 0.6) is 0 Å². The molecule has 0 bridgehead atoms. The van der Waals surface area contributed by atoms with E-state index in [4.69, 9.17) is 0 Å². The molecule has 128 valence electrons. The van der Waals surface area contributed by atoms with Gasteiger partial charge in [-0.15, -0.1) is 5.10 Å². The van der Waals surface area contributed by atoms with E-state index in [0.29, 0.717) is 16.8 Å². The quantitative estimate of drug-likeness (QED) is 0.787. The minimum absolute atomic E-state index is 0.131. The first-order chi connectivity index (χ1) is 11.9. The first kappa shape index (κ1) is 16.6. The van der Waals surface area contributed by atoms with Crippen LogP contribution in [0.4, 0.5) is 13.2 Å². The van der Waals surface area contributed by atoms with Gasteiger partial charge < -0.3 is 5.32 Å². The molecule has 25 heavy (non-hydrogen) atoms. The maximum absolute atomic E-state index is 12.5. The van der Waals surface area contributed by atoms with Gasteiger partial charge in [0, 0.05) is 12.1 Å². The van der Waals surface area contributed by atoms with Crippen LogP contribution in [0, 0.1) is 0 Å². The fourth-order valence-electron chi connectivity index (χ4n) is 2.14. The Labute approximate surface area is 140 Å². The molecule has 1 amide bonds. The van der Waals surface area contributed by atoms with Gasteiger partial charge in [-0.2, -0.15) is 13.2 Å². The normalized spacial score (nSPS) is 11.3. The third kappa shape index (κ3) is 4.00. The van der Waals surface area contributed by atoms with Gasteiger partial charge in [-0.1, -0.05) is 12.1 Å². The monoisotopic (exact) mass is 347 g/mol. The average molecular weight is 347 g/mol. The van der Waals surface area contributed by atoms with E-state index in [1.165, 1.54) is 23.1 Å². The van der Waals surface area contributed by atoms with Gasteiger partial charge in [0.25, 0.3) is 5.91 Å². The lowest BCUT2D eigenvalue weighted by molar-refractivity contribution is -0.137. The van der Waals surface area contributed by atoms with Crippen molar-refractivity contribution in [1.82, 2.24) is 25.5 Å². The van der Waals surface area contributed by atoms with E-state index in [1.807, 2.05) is 0 Å². The molecule has 3 rings (SSSR count). The second-order valence-electron chi connectivity index (χ2n) is 5.18. The summed E-state index contributed by atoms with van der Waals surface area (Å²) in [5.41, 5.74) is 0.973. The van der Waals surface area contributed by atoms with Crippen LogP contribution in [-0.4, -0.2) is 26.1 Å². The zero-order valence-corrected chi connectivity index (χ0v) is 12.7. The van der Waals surface area contributed by atoms with E-state index in [1.54, 1.807) is 24.3 Å². The molecule has 0 saturated heterocycles. The second-order valence-corrected chi connectivity index (χ2v) is 5.18. The Morgan fingerprint density at radius 1 is 1.04 bits per heavy atom. The summed E-state index contributed by atoms with van der Waals surface area (Å²) in [7, 11) is 0. The van der Waals surface area contributed by atoms with Gasteiger partial charge in [0.15, 0.2) is 0 Å². The molecule has 0 radical (unpaired) electrons. The SMILES string of the molecule is O=C(NCc1ccc(C(F)(F)F)cc1)c1ccc(-n2cnnn2)cc1. The first-order valence-electron chi connectivity index (χ1n) is 7.21. The topological polar surface area (TPSA) is 72.7 Å². The molecular formula is C16H12F3N5O. The van der Waals surface area contributed by atoms with Crippen LogP contribution in [0.2, 0.25) is 0 Å². The highest BCUT2D eigenvalue weighted by Gasteiger charge is 2.29. The first-order valence-corrected chi connectivity index (χ1v) is 7.21. The van der Waals surface area contributed by atoms with Crippen molar-refractivity contribution < 1.29 is 18.0 Å². The lowest BCUT2D eigenvalue weighted by atomic mass is 10.1. The Kier molecular flexibility index (Phi) is 4.46. The number of hydrogen-bond donors (Lipinski definition) is 1. The summed E-state index contributed by atoms with van der Waals surface area (Å²) in [4.78, 5) is 12.1. The summed E-state index contributed by atoms with van der Waals surface area (Å²) >= 11 is 0. The molecule has 0 spiro atoms. The Hall–Kier alpha value is -3.23. The summed E-state index contributed by atoms with van der Waals surface area (Å²) in [5.74, 6) is -0.330. The standard InChI is InChI=1S/C16H12F3N5O/c17-16(18,19)13-5-1-11(2-6-13)9-20-15(25)12-3-7-14(8-4-12)24-10-21-22-23-24/h1-8,10H,9H2,(H,20,25). The highest BCUT2D eigenvalue weighted by Crippen LogP contribution is 2.29. The molecule has 3 aromatic rings. The highest BCUT2D eigenvalue weighted by atomic mass is 19.4. The van der Waals surface area contributed by atoms with E-state index in [-0.39, 0.29) is 12.5 Å². The summed E-state index contributed by atoms with van der Waals surface area (Å²) in [5, 5.41) is 13.4. The molecule has 1 aromatic heterocycles. The van der Waals surface area contributed by atoms with Crippen LogP contribution < -0.4 is 5.32 Å². The van der Waals surface area contributed by atoms with Gasteiger partial charge >= 0.3 is 6.18 Å². The van der Waals surface area contributed by atoms with Crippen molar-refractivity contribution >= 4 is 5.91 Å². The van der Waals surface area contributed by atoms with Crippen molar-refractivity contribution in [2.75, 3.05) is 0 Å². The number of nitrogens with zero attached hydrogens (tertiary/aromatic N) is 4. The number of benzene rings is 2. The smallest absolute Gasteiger partial charge is 0.348 e. The molecule has 0 aliphatic rings. The number of carbonyl (C=O) groups excluding carboxylic acids is 1. The number of carbonyl (C=O) groups is 1. The fourth-order valence-corrected chi connectivity index (χ4v) is 2.14. The van der Waals surface area contributed by atoms with Crippen LogP contribution in [0.15, 0.2) is 54.9 Å². The molecule has 1 N–H and O–H groups in total. The minimum Gasteiger partial charge on any atom is -0.348 e. The number of hydrogen-bond acceptors (Lipinski definition) is 4. The van der Waals surface area contributed by atoms with E-state index in [0.717, 1.165) is 12.1 Å². The Morgan fingerprint density at radius 2 is 1.72 bits per heavy atom. The lowest BCUT2D eigenvalue weighted by Crippen LogP contribution is -2.22. The second kappa shape index (κ2) is 6.71. The summed E-state index contributed by atoms with van der Waals surface area (Å²) in [6.07, 6.45) is -2.94. The van der Waals surface area contributed by atoms with Gasteiger partial charge in [0.05, 0.1) is 11.3 Å². The molecule has 0 unspecified atom stereocenters. The lowest BCUT2D eigenvalue weighted by Gasteiger charge is -2.09. The molecule has 1 heterocycles. The molecule has 0 aliphatic carbocycles. The summed E-state index contributed by atoms with van der Waals surface area (Å²) < 4.78 is 39.0. The molecule has 2 aromatic carbocycles. The van der Waals surface area contributed by atoms with Crippen molar-refractivity contribution in [3.8, 4) is 5.69 Å². The highest BCUT2D eigenvalue weighted by molar-refractivity contribution is 5.94. The fraction of sp³-hybridized carbons (Fsp3) is 0.125. The van der Waals surface area contributed by atoms with Crippen molar-refractivity contribution in [2.45, 2.75) is 12.7 Å². The maximum atomic E-state index is 12.5. The molecule has 0 aliphatic heterocycles. The Balaban J connectivity index is 1.61. The maximum Gasteiger partial charge on any atom is 0.416 e. The Morgan fingerprint density at radius 3 is 2.28 bits per heavy atom. The van der Waals surface area contributed by atoms with E-state index < -0.39 is 11.7 Å². The molecule has 0 atom stereocenters. The van der Waals surface area contributed by atoms with Crippen LogP contribution in [0.25, 0.3) is 5.69 Å². The Bertz CT molecular complexity index is 843. The van der Waals surface area contributed by atoms with Crippen molar-refractivity contribution in [3.05, 3.63) is 71.5 Å². The number of amides is 1. The molecule has 9 heteroatoms. The molecule has 0 fully saturated rings. The third-order valence-electron chi connectivity index (χ3n) is 3.48. The summed E-state index contributed by atoms with van der Waals surface area (Å²) in [6.45, 7) is 0.131. The van der Waals surface area contributed by atoms with Crippen molar-refractivity contribution in [3.63, 3.8) is 0 Å². The van der Waals surface area contributed by atoms with Crippen molar-refractivity contribution in [2.24, 2.45) is 0 Å². The van der Waals surface area contributed by atoms with Gasteiger partial charge in [-0.25, -0.2) is 4.68 Å².